The van der Waals surface area contributed by atoms with Crippen LogP contribution in [0.1, 0.15) is 25.3 Å². The summed E-state index contributed by atoms with van der Waals surface area (Å²) >= 11 is 1.12. The molecule has 1 aliphatic rings. The predicted molar refractivity (Wildman–Crippen MR) is 126 cm³/mol. The Hall–Kier alpha value is -3.16. The lowest BCUT2D eigenvalue weighted by Crippen LogP contribution is -2.25. The summed E-state index contributed by atoms with van der Waals surface area (Å²) in [6.07, 6.45) is 2.36. The number of amides is 1. The van der Waals surface area contributed by atoms with Crippen molar-refractivity contribution >= 4 is 48.4 Å². The Balaban J connectivity index is 1.60. The van der Waals surface area contributed by atoms with Crippen molar-refractivity contribution < 1.29 is 27.5 Å². The van der Waals surface area contributed by atoms with Crippen LogP contribution in [0.4, 0.5) is 5.13 Å². The van der Waals surface area contributed by atoms with Gasteiger partial charge in [-0.3, -0.25) is 10.1 Å². The zero-order valence-electron chi connectivity index (χ0n) is 18.7. The van der Waals surface area contributed by atoms with Crippen molar-refractivity contribution in [2.45, 2.75) is 36.0 Å². The molecule has 1 saturated carbocycles. The number of rotatable bonds is 10. The molecular formula is C21H23N5O6S2. The van der Waals surface area contributed by atoms with E-state index in [0.717, 1.165) is 11.3 Å². The second-order valence-corrected chi connectivity index (χ2v) is 10.8. The Bertz CT molecular complexity index is 1320. The van der Waals surface area contributed by atoms with Crippen molar-refractivity contribution in [3.8, 4) is 5.88 Å². The number of carbonyl (C=O) groups excluding carboxylic acids is 1. The van der Waals surface area contributed by atoms with E-state index in [9.17, 15) is 13.2 Å². The average Bonchev–Trinajstić information content (AvgIpc) is 3.61. The molecule has 0 radical (unpaired) electrons. The number of thiazole rings is 1. The van der Waals surface area contributed by atoms with Gasteiger partial charge in [-0.05, 0) is 31.9 Å². The van der Waals surface area contributed by atoms with E-state index in [1.807, 2.05) is 0 Å². The number of aromatic nitrogens is 3. The molecule has 3 aromatic rings. The van der Waals surface area contributed by atoms with E-state index < -0.39 is 21.8 Å². The number of nitrogens with one attached hydrogen (secondary N) is 1. The van der Waals surface area contributed by atoms with Crippen LogP contribution in [0.15, 0.2) is 40.5 Å². The van der Waals surface area contributed by atoms with E-state index in [1.165, 1.54) is 44.7 Å². The third-order valence-corrected chi connectivity index (χ3v) is 8.02. The van der Waals surface area contributed by atoms with Crippen LogP contribution in [-0.4, -0.2) is 67.2 Å². The van der Waals surface area contributed by atoms with Crippen molar-refractivity contribution in [1.29, 1.82) is 0 Å². The van der Waals surface area contributed by atoms with Crippen LogP contribution in [0.25, 0.3) is 10.5 Å². The largest absolute Gasteiger partial charge is 0.480 e. The summed E-state index contributed by atoms with van der Waals surface area (Å²) in [4.78, 5) is 31.9. The first-order valence-corrected chi connectivity index (χ1v) is 12.7. The number of anilines is 1. The number of nitrogens with zero attached hydrogens (tertiary/aromatic N) is 4. The number of sulfone groups is 1. The molecule has 1 N–H and O–H groups in total. The molecule has 2 aromatic heterocycles. The van der Waals surface area contributed by atoms with E-state index >= 15 is 0 Å². The fourth-order valence-electron chi connectivity index (χ4n) is 3.02. The van der Waals surface area contributed by atoms with Crippen LogP contribution in [0, 0.1) is 0 Å². The summed E-state index contributed by atoms with van der Waals surface area (Å²) in [5.41, 5.74) is 0.700. The zero-order valence-corrected chi connectivity index (χ0v) is 20.4. The molecule has 2 heterocycles. The first kappa shape index (κ1) is 24.0. The Labute approximate surface area is 200 Å². The molecule has 0 bridgehead atoms. The molecule has 1 aliphatic carbocycles. The molecule has 1 atom stereocenters. The minimum Gasteiger partial charge on any atom is -0.480 e. The number of benzene rings is 1. The lowest BCUT2D eigenvalue weighted by molar-refractivity contribution is -0.110. The summed E-state index contributed by atoms with van der Waals surface area (Å²) in [5.74, 6) is -0.258. The van der Waals surface area contributed by atoms with Gasteiger partial charge in [-0.25, -0.2) is 13.4 Å². The summed E-state index contributed by atoms with van der Waals surface area (Å²) in [7, 11) is -0.343. The third-order valence-electron chi connectivity index (χ3n) is 4.89. The smallest absolute Gasteiger partial charge is 0.280 e. The number of ether oxygens (including phenoxy) is 2. The minimum atomic E-state index is -3.35. The predicted octanol–water partition coefficient (Wildman–Crippen LogP) is 2.43. The second kappa shape index (κ2) is 9.99. The Morgan fingerprint density at radius 1 is 1.24 bits per heavy atom. The van der Waals surface area contributed by atoms with E-state index in [1.54, 1.807) is 6.92 Å². The molecule has 0 aliphatic heterocycles. The molecule has 0 saturated heterocycles. The number of hydrogen-bond acceptors (Lipinski definition) is 11. The highest BCUT2D eigenvalue weighted by atomic mass is 32.2. The van der Waals surface area contributed by atoms with Gasteiger partial charge in [0.15, 0.2) is 31.2 Å². The van der Waals surface area contributed by atoms with E-state index in [2.05, 4.69) is 25.4 Å². The summed E-state index contributed by atoms with van der Waals surface area (Å²) < 4.78 is 35.1. The maximum absolute atomic E-state index is 13.1. The first-order valence-electron chi connectivity index (χ1n) is 10.4. The van der Waals surface area contributed by atoms with Gasteiger partial charge in [-0.2, -0.15) is 9.97 Å². The van der Waals surface area contributed by atoms with Gasteiger partial charge >= 0.3 is 0 Å². The van der Waals surface area contributed by atoms with E-state index in [-0.39, 0.29) is 27.6 Å². The zero-order chi connectivity index (χ0) is 24.3. The highest BCUT2D eigenvalue weighted by molar-refractivity contribution is 7.92. The topological polar surface area (TPSA) is 142 Å². The Morgan fingerprint density at radius 2 is 1.97 bits per heavy atom. The van der Waals surface area contributed by atoms with Crippen molar-refractivity contribution in [3.05, 3.63) is 36.0 Å². The van der Waals surface area contributed by atoms with Gasteiger partial charge < -0.3 is 14.3 Å². The van der Waals surface area contributed by atoms with Gasteiger partial charge in [0.05, 0.1) is 30.1 Å². The molecule has 34 heavy (non-hydrogen) atoms. The number of oxime groups is 1. The number of methoxy groups -OCH3 is 2. The number of hydrogen-bond donors (Lipinski definition) is 1. The summed E-state index contributed by atoms with van der Waals surface area (Å²) in [6, 6.07) is 6.01. The van der Waals surface area contributed by atoms with Crippen LogP contribution in [0.3, 0.4) is 0 Å². The van der Waals surface area contributed by atoms with Gasteiger partial charge in [0.2, 0.25) is 5.88 Å². The fraction of sp³-hybridized carbons (Fsp3) is 0.381. The minimum absolute atomic E-state index is 0.0453. The van der Waals surface area contributed by atoms with Crippen LogP contribution in [-0.2, 0) is 24.2 Å². The van der Waals surface area contributed by atoms with Crippen LogP contribution < -0.4 is 10.1 Å². The molecule has 180 valence electrons. The monoisotopic (exact) mass is 505 g/mol. The molecule has 1 aromatic carbocycles. The van der Waals surface area contributed by atoms with E-state index in [4.69, 9.17) is 14.3 Å². The van der Waals surface area contributed by atoms with Crippen molar-refractivity contribution in [3.63, 3.8) is 0 Å². The lowest BCUT2D eigenvalue weighted by Gasteiger charge is -2.11. The summed E-state index contributed by atoms with van der Waals surface area (Å²) in [6.45, 7) is 2.01. The molecule has 1 fully saturated rings. The summed E-state index contributed by atoms with van der Waals surface area (Å²) in [5, 5.41) is 6.65. The van der Waals surface area contributed by atoms with Gasteiger partial charge in [0, 0.05) is 12.7 Å². The van der Waals surface area contributed by atoms with Gasteiger partial charge in [-0.1, -0.05) is 28.6 Å². The number of carbonyl (C=O) groups is 1. The molecule has 13 heteroatoms. The molecule has 0 unspecified atom stereocenters. The standard InChI is InChI=1S/C21H23N5O6S2/c1-12(11-30-2)32-26-17(13-4-6-14(7-5-13)34(28,29)15-8-9-15)19(27)25-21-24-18-20(33-21)23-16(31-3)10-22-18/h4-7,10,12,15H,8-9,11H2,1-3H3,(H,22,24,25,27)/b26-17+/t12-/m1/s1. The maximum atomic E-state index is 13.1. The van der Waals surface area contributed by atoms with Gasteiger partial charge in [-0.15, -0.1) is 0 Å². The quantitative estimate of drug-likeness (QED) is 0.325. The fourth-order valence-corrected chi connectivity index (χ4v) is 5.46. The average molecular weight is 506 g/mol. The van der Waals surface area contributed by atoms with Crippen LogP contribution in [0.5, 0.6) is 5.88 Å². The highest BCUT2D eigenvalue weighted by Gasteiger charge is 2.36. The first-order chi connectivity index (χ1) is 16.3. The number of fused-ring (bicyclic) bond motifs is 1. The second-order valence-electron chi connectivity index (χ2n) is 7.59. The molecule has 1 amide bonds. The Kier molecular flexibility index (Phi) is 7.05. The molecule has 0 spiro atoms. The van der Waals surface area contributed by atoms with E-state index in [0.29, 0.717) is 34.8 Å². The lowest BCUT2D eigenvalue weighted by atomic mass is 10.1. The normalized spacial score (nSPS) is 15.2. The molecule has 11 nitrogen and oxygen atoms in total. The third kappa shape index (κ3) is 5.32. The Morgan fingerprint density at radius 3 is 2.62 bits per heavy atom. The van der Waals surface area contributed by atoms with Gasteiger partial charge in [0.1, 0.15) is 6.10 Å². The van der Waals surface area contributed by atoms with Crippen LogP contribution in [0.2, 0.25) is 0 Å². The van der Waals surface area contributed by atoms with Gasteiger partial charge in [0.25, 0.3) is 5.91 Å². The maximum Gasteiger partial charge on any atom is 0.280 e. The molecular weight excluding hydrogens is 482 g/mol. The van der Waals surface area contributed by atoms with Crippen LogP contribution >= 0.6 is 11.3 Å². The highest BCUT2D eigenvalue weighted by Crippen LogP contribution is 2.33. The SMILES string of the molecule is COC[C@@H](C)O/N=C(/C(=O)Nc1nc2ncc(OC)nc2s1)c1ccc(S(=O)(=O)C2CC2)cc1. The van der Waals surface area contributed by atoms with Crippen molar-refractivity contribution in [1.82, 2.24) is 15.0 Å². The van der Waals surface area contributed by atoms with Crippen molar-refractivity contribution in [2.24, 2.45) is 5.16 Å². The van der Waals surface area contributed by atoms with Crippen molar-refractivity contribution in [2.75, 3.05) is 26.1 Å². The molecule has 4 rings (SSSR count).